The minimum Gasteiger partial charge on any atom is -0.399 e. The monoisotopic (exact) mass is 627 g/mol. The van der Waals surface area contributed by atoms with Gasteiger partial charge in [0.25, 0.3) is 0 Å². The van der Waals surface area contributed by atoms with E-state index in [9.17, 15) is 13.2 Å². The molecular formula is C32H38FN3O5S2. The Kier molecular flexibility index (Phi) is 8.27. The first kappa shape index (κ1) is 30.1. The molecule has 6 rings (SSSR count). The largest absolute Gasteiger partial charge is 0.420 e. The van der Waals surface area contributed by atoms with Crippen LogP contribution >= 0.6 is 11.3 Å². The fourth-order valence-electron chi connectivity index (χ4n) is 6.19. The molecule has 230 valence electrons. The molecule has 2 aromatic carbocycles. The third-order valence-corrected chi connectivity index (χ3v) is 12.0. The Morgan fingerprint density at radius 3 is 2.40 bits per heavy atom. The molecule has 1 amide bonds. The van der Waals surface area contributed by atoms with Crippen LogP contribution in [0, 0.1) is 23.6 Å². The van der Waals surface area contributed by atoms with E-state index in [0.717, 1.165) is 12.0 Å². The highest BCUT2D eigenvalue weighted by molar-refractivity contribution is 7.89. The third-order valence-electron chi connectivity index (χ3n) is 9.39. The normalized spacial score (nSPS) is 22.3. The van der Waals surface area contributed by atoms with Crippen molar-refractivity contribution >= 4 is 38.8 Å². The van der Waals surface area contributed by atoms with Gasteiger partial charge in [-0.2, -0.15) is 4.31 Å². The molecule has 2 saturated heterocycles. The van der Waals surface area contributed by atoms with Crippen LogP contribution in [-0.4, -0.2) is 64.8 Å². The van der Waals surface area contributed by atoms with E-state index >= 15 is 4.39 Å². The number of benzene rings is 2. The number of anilines is 2. The topological polar surface area (TPSA) is 79.4 Å². The van der Waals surface area contributed by atoms with Gasteiger partial charge in [0, 0.05) is 32.7 Å². The summed E-state index contributed by atoms with van der Waals surface area (Å²) in [4.78, 5) is 17.1. The summed E-state index contributed by atoms with van der Waals surface area (Å²) in [5, 5.41) is 2.28. The molecule has 3 heterocycles. The van der Waals surface area contributed by atoms with Crippen LogP contribution in [0.2, 0.25) is 0 Å². The second-order valence-electron chi connectivity index (χ2n) is 12.2. The number of hydrogen-bond donors (Lipinski definition) is 0. The van der Waals surface area contributed by atoms with E-state index in [1.54, 1.807) is 40.7 Å². The van der Waals surface area contributed by atoms with E-state index < -0.39 is 21.9 Å². The van der Waals surface area contributed by atoms with Crippen LogP contribution in [0.25, 0.3) is 0 Å². The van der Waals surface area contributed by atoms with Crippen molar-refractivity contribution in [1.29, 1.82) is 0 Å². The lowest BCUT2D eigenvalue weighted by Gasteiger charge is -2.30. The predicted octanol–water partition coefficient (Wildman–Crippen LogP) is 5.98. The first-order valence-electron chi connectivity index (χ1n) is 14.8. The zero-order chi connectivity index (χ0) is 30.4. The summed E-state index contributed by atoms with van der Waals surface area (Å²) in [5.74, 6) is -0.0582. The highest BCUT2D eigenvalue weighted by atomic mass is 32.2. The number of nitrogens with zero attached hydrogens (tertiary/aromatic N) is 3. The Balaban J connectivity index is 1.16. The molecule has 43 heavy (non-hydrogen) atoms. The van der Waals surface area contributed by atoms with Crippen LogP contribution in [0.3, 0.4) is 0 Å². The maximum absolute atomic E-state index is 15.3. The molecular weight excluding hydrogens is 590 g/mol. The third kappa shape index (κ3) is 6.05. The zero-order valence-electron chi connectivity index (χ0n) is 24.7. The van der Waals surface area contributed by atoms with Crippen LogP contribution in [-0.2, 0) is 20.2 Å². The number of carbonyl (C=O) groups is 1. The number of thiophene rings is 1. The van der Waals surface area contributed by atoms with E-state index in [0.29, 0.717) is 67.3 Å². The van der Waals surface area contributed by atoms with Gasteiger partial charge in [0.05, 0.1) is 29.5 Å². The number of carbonyl (C=O) groups excluding carboxylic acids is 1. The number of morpholine rings is 1. The molecule has 3 fully saturated rings. The van der Waals surface area contributed by atoms with Crippen molar-refractivity contribution in [3.8, 4) is 5.06 Å². The number of ether oxygens (including phenoxy) is 2. The highest BCUT2D eigenvalue weighted by Crippen LogP contribution is 2.53. The number of fused-ring (bicyclic) bond motifs is 1. The summed E-state index contributed by atoms with van der Waals surface area (Å²) in [6, 6.07) is 15.6. The molecule has 3 aromatic rings. The van der Waals surface area contributed by atoms with Crippen LogP contribution in [0.1, 0.15) is 32.8 Å². The first-order chi connectivity index (χ1) is 20.6. The quantitative estimate of drug-likeness (QED) is 0.290. The molecule has 0 bridgehead atoms. The van der Waals surface area contributed by atoms with E-state index in [1.165, 1.54) is 22.3 Å². The Morgan fingerprint density at radius 1 is 1.09 bits per heavy atom. The predicted molar refractivity (Wildman–Crippen MR) is 166 cm³/mol. The van der Waals surface area contributed by atoms with Gasteiger partial charge in [-0.05, 0) is 83.0 Å². The molecule has 0 N–H and O–H groups in total. The van der Waals surface area contributed by atoms with Crippen LogP contribution < -0.4 is 14.5 Å². The van der Waals surface area contributed by atoms with Crippen molar-refractivity contribution in [1.82, 2.24) is 4.31 Å². The van der Waals surface area contributed by atoms with Crippen molar-refractivity contribution < 1.29 is 27.1 Å². The van der Waals surface area contributed by atoms with E-state index in [4.69, 9.17) is 9.47 Å². The number of hydrogen-bond acceptors (Lipinski definition) is 7. The van der Waals surface area contributed by atoms with Crippen molar-refractivity contribution in [3.63, 3.8) is 0 Å². The fourth-order valence-corrected chi connectivity index (χ4v) is 8.28. The molecule has 1 aliphatic carbocycles. The van der Waals surface area contributed by atoms with Crippen LogP contribution in [0.5, 0.6) is 5.06 Å². The van der Waals surface area contributed by atoms with Gasteiger partial charge in [0.15, 0.2) is 5.06 Å². The molecule has 0 spiro atoms. The standard InChI is InChI=1S/C32H38FN3O5S2/c1-4-32(2,3)22-7-10-24(11-8-22)43(38,39)35-19-25-26(20-35)27(25)21-36(31(37)41-30-6-5-17-42-30)23-9-12-29(28(33)18-23)34-13-15-40-16-14-34/h5-12,17-18,25-27H,4,13-16,19-21H2,1-3H3. The molecule has 1 saturated carbocycles. The van der Waals surface area contributed by atoms with Gasteiger partial charge in [0.2, 0.25) is 10.0 Å². The van der Waals surface area contributed by atoms with Crippen LogP contribution in [0.15, 0.2) is 64.9 Å². The Hall–Kier alpha value is -2.99. The van der Waals surface area contributed by atoms with Crippen molar-refractivity contribution in [2.75, 3.05) is 55.7 Å². The molecule has 0 radical (unpaired) electrons. The van der Waals surface area contributed by atoms with Crippen molar-refractivity contribution in [3.05, 3.63) is 71.4 Å². The van der Waals surface area contributed by atoms with E-state index in [1.807, 2.05) is 22.4 Å². The Labute approximate surface area is 257 Å². The smallest absolute Gasteiger partial charge is 0.399 e. The minimum atomic E-state index is -3.62. The zero-order valence-corrected chi connectivity index (χ0v) is 26.4. The van der Waals surface area contributed by atoms with Crippen molar-refractivity contribution in [2.45, 2.75) is 37.5 Å². The molecule has 2 unspecified atom stereocenters. The first-order valence-corrected chi connectivity index (χ1v) is 17.2. The Bertz CT molecular complexity index is 1540. The highest BCUT2D eigenvalue weighted by Gasteiger charge is 2.58. The summed E-state index contributed by atoms with van der Waals surface area (Å²) < 4.78 is 54.8. The summed E-state index contributed by atoms with van der Waals surface area (Å²) in [6.07, 6.45) is 0.379. The van der Waals surface area contributed by atoms with Gasteiger partial charge in [0.1, 0.15) is 5.82 Å². The second-order valence-corrected chi connectivity index (χ2v) is 15.1. The summed E-state index contributed by atoms with van der Waals surface area (Å²) in [5.41, 5.74) is 1.99. The lowest BCUT2D eigenvalue weighted by molar-refractivity contribution is 0.122. The number of amides is 1. The fraction of sp³-hybridized carbons (Fsp3) is 0.469. The summed E-state index contributed by atoms with van der Waals surface area (Å²) in [7, 11) is -3.62. The maximum Gasteiger partial charge on any atom is 0.420 e. The number of sulfonamides is 1. The van der Waals surface area contributed by atoms with Gasteiger partial charge in [-0.15, -0.1) is 11.3 Å². The van der Waals surface area contributed by atoms with Gasteiger partial charge >= 0.3 is 6.09 Å². The number of halogens is 1. The SMILES string of the molecule is CCC(C)(C)c1ccc(S(=O)(=O)N2CC3C(CN(C(=O)Oc4cccs4)c4ccc(N5CCOCC5)c(F)c4)C3C2)cc1. The molecule has 2 atom stereocenters. The summed E-state index contributed by atoms with van der Waals surface area (Å²) in [6.45, 7) is 9.84. The van der Waals surface area contributed by atoms with Crippen LogP contribution in [0.4, 0.5) is 20.6 Å². The number of piperidine rings is 1. The van der Waals surface area contributed by atoms with Gasteiger partial charge in [-0.1, -0.05) is 32.9 Å². The van der Waals surface area contributed by atoms with Gasteiger partial charge in [-0.3, -0.25) is 4.90 Å². The lowest BCUT2D eigenvalue weighted by atomic mass is 9.82. The average molecular weight is 628 g/mol. The Morgan fingerprint density at radius 2 is 1.79 bits per heavy atom. The van der Waals surface area contributed by atoms with Gasteiger partial charge in [-0.25, -0.2) is 17.6 Å². The van der Waals surface area contributed by atoms with E-state index in [-0.39, 0.29) is 23.2 Å². The number of rotatable bonds is 9. The van der Waals surface area contributed by atoms with Crippen molar-refractivity contribution in [2.24, 2.45) is 17.8 Å². The molecule has 1 aromatic heterocycles. The lowest BCUT2D eigenvalue weighted by Crippen LogP contribution is -2.38. The molecule has 11 heteroatoms. The van der Waals surface area contributed by atoms with E-state index in [2.05, 4.69) is 20.8 Å². The second kappa shape index (κ2) is 11.8. The molecule has 3 aliphatic rings. The minimum absolute atomic E-state index is 0.0208. The molecule has 8 nitrogen and oxygen atoms in total. The average Bonchev–Trinajstić information content (AvgIpc) is 3.35. The molecule has 2 aliphatic heterocycles. The maximum atomic E-state index is 15.3. The summed E-state index contributed by atoms with van der Waals surface area (Å²) >= 11 is 1.31. The van der Waals surface area contributed by atoms with Gasteiger partial charge < -0.3 is 14.4 Å².